The topological polar surface area (TPSA) is 66.9 Å². The lowest BCUT2D eigenvalue weighted by molar-refractivity contribution is -0.117. The highest BCUT2D eigenvalue weighted by Gasteiger charge is 2.22. The Balaban J connectivity index is 1.62. The molecule has 1 fully saturated rings. The predicted octanol–water partition coefficient (Wildman–Crippen LogP) is 3.42. The van der Waals surface area contributed by atoms with Crippen molar-refractivity contribution in [3.63, 3.8) is 0 Å². The van der Waals surface area contributed by atoms with E-state index in [0.29, 0.717) is 18.3 Å². The van der Waals surface area contributed by atoms with E-state index < -0.39 is 0 Å². The summed E-state index contributed by atoms with van der Waals surface area (Å²) in [4.78, 5) is 21.0. The summed E-state index contributed by atoms with van der Waals surface area (Å²) >= 11 is 0. The molecule has 1 saturated heterocycles. The molecule has 2 N–H and O–H groups in total. The number of aryl methyl sites for hydroxylation is 1. The maximum atomic E-state index is 12.4. The normalized spacial score (nSPS) is 16.4. The molecule has 5 heteroatoms. The Morgan fingerprint density at radius 1 is 1.32 bits per heavy atom. The van der Waals surface area contributed by atoms with Gasteiger partial charge in [-0.2, -0.15) is 0 Å². The van der Waals surface area contributed by atoms with Gasteiger partial charge < -0.3 is 10.6 Å². The minimum absolute atomic E-state index is 0.0852. The SMILES string of the molecule is Cc1nccc(-c2cccc(NC(=O)CC(C)C3CCNCC3)c2)n1. The van der Waals surface area contributed by atoms with Crippen LogP contribution in [0.1, 0.15) is 32.0 Å². The second-order valence-electron chi connectivity index (χ2n) is 6.89. The lowest BCUT2D eigenvalue weighted by atomic mass is 9.84. The summed E-state index contributed by atoms with van der Waals surface area (Å²) in [6.07, 6.45) is 4.65. The maximum absolute atomic E-state index is 12.4. The molecular formula is C20H26N4O. The van der Waals surface area contributed by atoms with Gasteiger partial charge in [-0.05, 0) is 62.9 Å². The molecule has 0 aliphatic carbocycles. The average molecular weight is 338 g/mol. The zero-order valence-corrected chi connectivity index (χ0v) is 15.0. The van der Waals surface area contributed by atoms with Crippen molar-refractivity contribution in [1.82, 2.24) is 15.3 Å². The first-order valence-electron chi connectivity index (χ1n) is 9.02. The molecule has 0 bridgehead atoms. The molecule has 2 heterocycles. The Bertz CT molecular complexity index is 725. The van der Waals surface area contributed by atoms with Gasteiger partial charge in [0.1, 0.15) is 5.82 Å². The van der Waals surface area contributed by atoms with Crippen molar-refractivity contribution < 1.29 is 4.79 Å². The van der Waals surface area contributed by atoms with Crippen molar-refractivity contribution >= 4 is 11.6 Å². The summed E-state index contributed by atoms with van der Waals surface area (Å²) in [5.41, 5.74) is 2.66. The molecule has 0 spiro atoms. The van der Waals surface area contributed by atoms with Gasteiger partial charge in [0, 0.05) is 23.9 Å². The number of nitrogens with one attached hydrogen (secondary N) is 2. The number of amides is 1. The summed E-state index contributed by atoms with van der Waals surface area (Å²) in [7, 11) is 0. The van der Waals surface area contributed by atoms with Crippen molar-refractivity contribution in [3.05, 3.63) is 42.4 Å². The molecule has 0 radical (unpaired) electrons. The molecule has 0 saturated carbocycles. The van der Waals surface area contributed by atoms with E-state index in [1.54, 1.807) is 6.20 Å². The second-order valence-corrected chi connectivity index (χ2v) is 6.89. The molecule has 1 aliphatic rings. The predicted molar refractivity (Wildman–Crippen MR) is 100 cm³/mol. The molecule has 1 aromatic carbocycles. The van der Waals surface area contributed by atoms with Crippen molar-refractivity contribution in [2.45, 2.75) is 33.1 Å². The van der Waals surface area contributed by atoms with Gasteiger partial charge in [-0.15, -0.1) is 0 Å². The fraction of sp³-hybridized carbons (Fsp3) is 0.450. The van der Waals surface area contributed by atoms with Gasteiger partial charge in [-0.3, -0.25) is 4.79 Å². The summed E-state index contributed by atoms with van der Waals surface area (Å²) in [6, 6.07) is 9.71. The minimum atomic E-state index is 0.0852. The second kappa shape index (κ2) is 8.21. The molecule has 1 aliphatic heterocycles. The van der Waals surface area contributed by atoms with Crippen LogP contribution in [0.3, 0.4) is 0 Å². The lowest BCUT2D eigenvalue weighted by Gasteiger charge is -2.27. The fourth-order valence-corrected chi connectivity index (χ4v) is 3.46. The average Bonchev–Trinajstić information content (AvgIpc) is 2.62. The van der Waals surface area contributed by atoms with Crippen molar-refractivity contribution in [2.75, 3.05) is 18.4 Å². The first kappa shape index (κ1) is 17.5. The van der Waals surface area contributed by atoms with E-state index in [1.807, 2.05) is 37.3 Å². The zero-order chi connectivity index (χ0) is 17.6. The molecule has 1 atom stereocenters. The summed E-state index contributed by atoms with van der Waals surface area (Å²) in [5.74, 6) is 1.88. The number of benzene rings is 1. The molecule has 1 amide bonds. The Kier molecular flexibility index (Phi) is 5.76. The van der Waals surface area contributed by atoms with Crippen LogP contribution in [-0.2, 0) is 4.79 Å². The minimum Gasteiger partial charge on any atom is -0.326 e. The Morgan fingerprint density at radius 3 is 2.88 bits per heavy atom. The van der Waals surface area contributed by atoms with E-state index in [9.17, 15) is 4.79 Å². The summed E-state index contributed by atoms with van der Waals surface area (Å²) < 4.78 is 0. The number of carbonyl (C=O) groups excluding carboxylic acids is 1. The van der Waals surface area contributed by atoms with E-state index in [1.165, 1.54) is 0 Å². The highest BCUT2D eigenvalue weighted by atomic mass is 16.1. The van der Waals surface area contributed by atoms with Crippen LogP contribution in [0.5, 0.6) is 0 Å². The highest BCUT2D eigenvalue weighted by molar-refractivity contribution is 5.91. The van der Waals surface area contributed by atoms with Crippen molar-refractivity contribution in [3.8, 4) is 11.3 Å². The number of rotatable bonds is 5. The monoisotopic (exact) mass is 338 g/mol. The van der Waals surface area contributed by atoms with Gasteiger partial charge in [0.15, 0.2) is 0 Å². The zero-order valence-electron chi connectivity index (χ0n) is 15.0. The molecule has 3 rings (SSSR count). The molecule has 25 heavy (non-hydrogen) atoms. The number of piperidine rings is 1. The molecule has 1 aromatic heterocycles. The third-order valence-electron chi connectivity index (χ3n) is 4.91. The van der Waals surface area contributed by atoms with Gasteiger partial charge in [-0.1, -0.05) is 19.1 Å². The van der Waals surface area contributed by atoms with Gasteiger partial charge >= 0.3 is 0 Å². The number of nitrogens with zero attached hydrogens (tertiary/aromatic N) is 2. The van der Waals surface area contributed by atoms with Crippen LogP contribution >= 0.6 is 0 Å². The maximum Gasteiger partial charge on any atom is 0.224 e. The Hall–Kier alpha value is -2.27. The number of anilines is 1. The number of hydrogen-bond acceptors (Lipinski definition) is 4. The van der Waals surface area contributed by atoms with Gasteiger partial charge in [-0.25, -0.2) is 9.97 Å². The van der Waals surface area contributed by atoms with Crippen LogP contribution in [0.4, 0.5) is 5.69 Å². The van der Waals surface area contributed by atoms with Crippen LogP contribution in [-0.4, -0.2) is 29.0 Å². The fourth-order valence-electron chi connectivity index (χ4n) is 3.46. The quantitative estimate of drug-likeness (QED) is 0.877. The van der Waals surface area contributed by atoms with E-state index in [4.69, 9.17) is 0 Å². The van der Waals surface area contributed by atoms with Crippen LogP contribution in [0, 0.1) is 18.8 Å². The molecule has 1 unspecified atom stereocenters. The van der Waals surface area contributed by atoms with Gasteiger partial charge in [0.2, 0.25) is 5.91 Å². The standard InChI is InChI=1S/C20H26N4O/c1-14(16-6-9-21-10-7-16)12-20(25)24-18-5-3-4-17(13-18)19-8-11-22-15(2)23-19/h3-5,8,11,13-14,16,21H,6-7,9-10,12H2,1-2H3,(H,24,25). The van der Waals surface area contributed by atoms with Gasteiger partial charge in [0.05, 0.1) is 5.69 Å². The van der Waals surface area contributed by atoms with E-state index >= 15 is 0 Å². The van der Waals surface area contributed by atoms with Crippen LogP contribution in [0.15, 0.2) is 36.5 Å². The van der Waals surface area contributed by atoms with Crippen molar-refractivity contribution in [2.24, 2.45) is 11.8 Å². The largest absolute Gasteiger partial charge is 0.326 e. The number of aromatic nitrogens is 2. The summed E-state index contributed by atoms with van der Waals surface area (Å²) in [6.45, 7) is 6.20. The van der Waals surface area contributed by atoms with Crippen molar-refractivity contribution in [1.29, 1.82) is 0 Å². The Labute approximate surface area is 149 Å². The third-order valence-corrected chi connectivity index (χ3v) is 4.91. The number of carbonyl (C=O) groups is 1. The Morgan fingerprint density at radius 2 is 2.12 bits per heavy atom. The van der Waals surface area contributed by atoms with Crippen LogP contribution < -0.4 is 10.6 Å². The first-order chi connectivity index (χ1) is 12.1. The summed E-state index contributed by atoms with van der Waals surface area (Å²) in [5, 5.41) is 6.42. The van der Waals surface area contributed by atoms with Crippen LogP contribution in [0.2, 0.25) is 0 Å². The molecule has 2 aromatic rings. The lowest BCUT2D eigenvalue weighted by Crippen LogP contribution is -2.32. The third kappa shape index (κ3) is 4.86. The molecule has 132 valence electrons. The van der Waals surface area contributed by atoms with E-state index in [0.717, 1.165) is 48.7 Å². The molecule has 5 nitrogen and oxygen atoms in total. The highest BCUT2D eigenvalue weighted by Crippen LogP contribution is 2.25. The van der Waals surface area contributed by atoms with Gasteiger partial charge in [0.25, 0.3) is 0 Å². The van der Waals surface area contributed by atoms with Crippen LogP contribution in [0.25, 0.3) is 11.3 Å². The number of hydrogen-bond donors (Lipinski definition) is 2. The smallest absolute Gasteiger partial charge is 0.224 e. The van der Waals surface area contributed by atoms with E-state index in [2.05, 4.69) is 27.5 Å². The molecular weight excluding hydrogens is 312 g/mol. The first-order valence-corrected chi connectivity index (χ1v) is 9.02. The van der Waals surface area contributed by atoms with E-state index in [-0.39, 0.29) is 5.91 Å².